The molecule has 3 aliphatic rings. The number of benzene rings is 1. The number of likely N-dealkylation sites (tertiary alicyclic amines) is 1. The third-order valence-electron chi connectivity index (χ3n) is 6.78. The number of amides is 1. The van der Waals surface area contributed by atoms with Crippen LogP contribution in [0, 0.1) is 11.8 Å². The third kappa shape index (κ3) is 2.16. The van der Waals surface area contributed by atoms with E-state index < -0.39 is 5.91 Å². The van der Waals surface area contributed by atoms with E-state index in [4.69, 9.17) is 5.73 Å². The first-order valence-corrected chi connectivity index (χ1v) is 9.20. The van der Waals surface area contributed by atoms with Gasteiger partial charge in [-0.1, -0.05) is 19.9 Å². The van der Waals surface area contributed by atoms with Crippen LogP contribution in [0.2, 0.25) is 0 Å². The monoisotopic (exact) mass is 326 g/mol. The lowest BCUT2D eigenvalue weighted by Gasteiger charge is -2.55. The van der Waals surface area contributed by atoms with Gasteiger partial charge in [0, 0.05) is 23.1 Å². The number of carbonyl (C=O) groups is 2. The molecule has 0 aromatic heterocycles. The second kappa shape index (κ2) is 5.41. The lowest BCUT2D eigenvalue weighted by Crippen LogP contribution is -2.61. The number of nitrogens with two attached hydrogens (primary N) is 1. The average Bonchev–Trinajstić information content (AvgIpc) is 3.38. The molecular formula is C20H26N2O2. The Bertz CT molecular complexity index is 710. The summed E-state index contributed by atoms with van der Waals surface area (Å²) in [4.78, 5) is 27.3. The van der Waals surface area contributed by atoms with Crippen molar-refractivity contribution in [1.29, 1.82) is 0 Å². The Morgan fingerprint density at radius 1 is 1.38 bits per heavy atom. The number of carbonyl (C=O) groups excluding carboxylic acids is 2. The average molecular weight is 326 g/mol. The molecule has 1 aromatic rings. The highest BCUT2D eigenvalue weighted by Gasteiger charge is 2.54. The van der Waals surface area contributed by atoms with Gasteiger partial charge in [-0.2, -0.15) is 0 Å². The largest absolute Gasteiger partial charge is 0.366 e. The van der Waals surface area contributed by atoms with Crippen molar-refractivity contribution in [2.45, 2.75) is 51.0 Å². The van der Waals surface area contributed by atoms with Crippen molar-refractivity contribution in [3.63, 3.8) is 0 Å². The highest BCUT2D eigenvalue weighted by molar-refractivity contribution is 6.05. The maximum Gasteiger partial charge on any atom is 0.248 e. The number of fused-ring (bicyclic) bond motifs is 4. The van der Waals surface area contributed by atoms with E-state index in [1.807, 2.05) is 12.1 Å². The van der Waals surface area contributed by atoms with Crippen LogP contribution in [0.1, 0.15) is 65.8 Å². The van der Waals surface area contributed by atoms with Crippen molar-refractivity contribution in [1.82, 2.24) is 4.90 Å². The summed E-state index contributed by atoms with van der Waals surface area (Å²) in [7, 11) is 0. The molecule has 2 aliphatic carbocycles. The highest BCUT2D eigenvalue weighted by atomic mass is 16.1. The fourth-order valence-electron chi connectivity index (χ4n) is 5.11. The first-order chi connectivity index (χ1) is 11.5. The quantitative estimate of drug-likeness (QED) is 0.925. The molecule has 0 spiro atoms. The summed E-state index contributed by atoms with van der Waals surface area (Å²) in [5.74, 6) is 0.881. The van der Waals surface area contributed by atoms with Gasteiger partial charge in [-0.05, 0) is 61.8 Å². The molecule has 24 heavy (non-hydrogen) atoms. The minimum absolute atomic E-state index is 0.00812. The van der Waals surface area contributed by atoms with Gasteiger partial charge in [-0.3, -0.25) is 14.5 Å². The second-order valence-corrected chi connectivity index (χ2v) is 7.92. The van der Waals surface area contributed by atoms with Crippen molar-refractivity contribution >= 4 is 11.7 Å². The summed E-state index contributed by atoms with van der Waals surface area (Å²) in [5.41, 5.74) is 7.85. The second-order valence-electron chi connectivity index (χ2n) is 7.92. The number of primary amides is 1. The van der Waals surface area contributed by atoms with Gasteiger partial charge < -0.3 is 5.73 Å². The lowest BCUT2D eigenvalue weighted by molar-refractivity contribution is 0.0197. The summed E-state index contributed by atoms with van der Waals surface area (Å²) in [5, 5.41) is 0. The van der Waals surface area contributed by atoms with E-state index in [2.05, 4.69) is 18.7 Å². The normalized spacial score (nSPS) is 32.5. The number of hydrogen-bond donors (Lipinski definition) is 1. The smallest absolute Gasteiger partial charge is 0.248 e. The van der Waals surface area contributed by atoms with Crippen molar-refractivity contribution < 1.29 is 9.59 Å². The van der Waals surface area contributed by atoms with Crippen LogP contribution in [-0.2, 0) is 5.41 Å². The standard InChI is InChI=1S/C20H26N2O2/c1-3-20-8-9-22(11-13-4-5-13)17(12(20)2)18(23)15-7-6-14(19(21)24)10-16(15)20/h6-7,10,12-13,17H,3-5,8-9,11H2,1-2H3,(H2,21,24)/t12-,17?,20-/m0/s1. The summed E-state index contributed by atoms with van der Waals surface area (Å²) >= 11 is 0. The van der Waals surface area contributed by atoms with Gasteiger partial charge in [0.1, 0.15) is 0 Å². The predicted molar refractivity (Wildman–Crippen MR) is 93.1 cm³/mol. The Balaban J connectivity index is 1.82. The van der Waals surface area contributed by atoms with Gasteiger partial charge in [0.2, 0.25) is 5.91 Å². The molecule has 1 saturated carbocycles. The number of nitrogens with zero attached hydrogens (tertiary/aromatic N) is 1. The molecule has 128 valence electrons. The van der Waals surface area contributed by atoms with E-state index in [0.29, 0.717) is 5.56 Å². The maximum absolute atomic E-state index is 13.2. The van der Waals surface area contributed by atoms with Crippen LogP contribution >= 0.6 is 0 Å². The van der Waals surface area contributed by atoms with Crippen molar-refractivity contribution in [2.24, 2.45) is 17.6 Å². The SMILES string of the molecule is CC[C@@]12CCN(CC3CC3)C(C(=O)c3ccc(C(N)=O)cc31)[C@@H]2C. The van der Waals surface area contributed by atoms with E-state index >= 15 is 0 Å². The molecule has 1 unspecified atom stereocenters. The molecule has 1 heterocycles. The Labute approximate surface area is 143 Å². The number of ketones is 1. The van der Waals surface area contributed by atoms with Gasteiger partial charge >= 0.3 is 0 Å². The number of piperidine rings is 1. The first kappa shape index (κ1) is 15.8. The molecule has 2 fully saturated rings. The lowest BCUT2D eigenvalue weighted by atomic mass is 9.56. The summed E-state index contributed by atoms with van der Waals surface area (Å²) in [6, 6.07) is 5.43. The first-order valence-electron chi connectivity index (χ1n) is 9.20. The van der Waals surface area contributed by atoms with Gasteiger partial charge in [0.25, 0.3) is 0 Å². The maximum atomic E-state index is 13.2. The van der Waals surface area contributed by atoms with Crippen LogP contribution in [0.25, 0.3) is 0 Å². The molecule has 3 atom stereocenters. The molecule has 4 rings (SSSR count). The number of rotatable bonds is 4. The topological polar surface area (TPSA) is 63.4 Å². The van der Waals surface area contributed by atoms with Gasteiger partial charge in [0.15, 0.2) is 5.78 Å². The van der Waals surface area contributed by atoms with Crippen LogP contribution in [0.5, 0.6) is 0 Å². The van der Waals surface area contributed by atoms with Crippen LogP contribution in [-0.4, -0.2) is 35.7 Å². The molecule has 4 heteroatoms. The molecule has 1 aliphatic heterocycles. The molecule has 4 nitrogen and oxygen atoms in total. The summed E-state index contributed by atoms with van der Waals surface area (Å²) in [6.45, 7) is 6.48. The molecule has 2 bridgehead atoms. The van der Waals surface area contributed by atoms with E-state index in [0.717, 1.165) is 43.0 Å². The Hall–Kier alpha value is -1.68. The predicted octanol–water partition coefficient (Wildman–Crippen LogP) is 2.75. The summed E-state index contributed by atoms with van der Waals surface area (Å²) < 4.78 is 0. The van der Waals surface area contributed by atoms with E-state index in [1.165, 1.54) is 12.8 Å². The zero-order chi connectivity index (χ0) is 17.1. The fraction of sp³-hybridized carbons (Fsp3) is 0.600. The van der Waals surface area contributed by atoms with Gasteiger partial charge in [-0.25, -0.2) is 0 Å². The van der Waals surface area contributed by atoms with Crippen LogP contribution in [0.4, 0.5) is 0 Å². The molecule has 1 amide bonds. The highest BCUT2D eigenvalue weighted by Crippen LogP contribution is 2.51. The van der Waals surface area contributed by atoms with Crippen molar-refractivity contribution in [2.75, 3.05) is 13.1 Å². The molecule has 1 saturated heterocycles. The van der Waals surface area contributed by atoms with E-state index in [9.17, 15) is 9.59 Å². The van der Waals surface area contributed by atoms with Gasteiger partial charge in [0.05, 0.1) is 6.04 Å². The van der Waals surface area contributed by atoms with Gasteiger partial charge in [-0.15, -0.1) is 0 Å². The van der Waals surface area contributed by atoms with Crippen molar-refractivity contribution in [3.8, 4) is 0 Å². The minimum atomic E-state index is -0.419. The van der Waals surface area contributed by atoms with Crippen LogP contribution in [0.15, 0.2) is 18.2 Å². The minimum Gasteiger partial charge on any atom is -0.366 e. The number of hydrogen-bond acceptors (Lipinski definition) is 3. The molecule has 0 radical (unpaired) electrons. The number of Topliss-reactive ketones (excluding diaryl/α,β-unsaturated/α-hetero) is 1. The molecule has 1 aromatic carbocycles. The van der Waals surface area contributed by atoms with E-state index in [-0.39, 0.29) is 23.2 Å². The zero-order valence-electron chi connectivity index (χ0n) is 14.5. The summed E-state index contributed by atoms with van der Waals surface area (Å²) in [6.07, 6.45) is 4.66. The fourth-order valence-corrected chi connectivity index (χ4v) is 5.11. The van der Waals surface area contributed by atoms with Crippen LogP contribution in [0.3, 0.4) is 0 Å². The molecule has 2 N–H and O–H groups in total. The van der Waals surface area contributed by atoms with Crippen LogP contribution < -0.4 is 5.73 Å². The third-order valence-corrected chi connectivity index (χ3v) is 6.78. The zero-order valence-corrected chi connectivity index (χ0v) is 14.5. The van der Waals surface area contributed by atoms with Crippen molar-refractivity contribution in [3.05, 3.63) is 34.9 Å². The molecular weight excluding hydrogens is 300 g/mol. The van der Waals surface area contributed by atoms with E-state index in [1.54, 1.807) is 6.07 Å². The Morgan fingerprint density at radius 2 is 2.12 bits per heavy atom. The Morgan fingerprint density at radius 3 is 2.75 bits per heavy atom. The Kier molecular flexibility index (Phi) is 3.57.